The van der Waals surface area contributed by atoms with Crippen LogP contribution in [0.3, 0.4) is 0 Å². The largest absolute Gasteiger partial charge is 0.458 e. The van der Waals surface area contributed by atoms with Crippen LogP contribution in [0.2, 0.25) is 0 Å². The van der Waals surface area contributed by atoms with Gasteiger partial charge in [0, 0.05) is 41.7 Å². The zero-order chi connectivity index (χ0) is 46.2. The van der Waals surface area contributed by atoms with E-state index in [2.05, 4.69) is 64.8 Å². The van der Waals surface area contributed by atoms with E-state index in [1.54, 1.807) is 6.92 Å². The molecule has 4 aliphatic heterocycles. The highest BCUT2D eigenvalue weighted by Crippen LogP contribution is 2.45. The summed E-state index contributed by atoms with van der Waals surface area (Å²) < 4.78 is 47.1. The molecule has 0 bridgehead atoms. The summed E-state index contributed by atoms with van der Waals surface area (Å²) in [5.74, 6) is -2.61. The van der Waals surface area contributed by atoms with Gasteiger partial charge in [0.1, 0.15) is 11.9 Å². The lowest BCUT2D eigenvalue weighted by Crippen LogP contribution is -2.59. The van der Waals surface area contributed by atoms with Crippen LogP contribution >= 0.6 is 0 Å². The molecule has 17 atom stereocenters. The summed E-state index contributed by atoms with van der Waals surface area (Å²) in [6.07, 6.45) is 3.43. The number of carbonyl (C=O) groups excluding carboxylic acids is 3. The number of aromatic nitrogens is 1. The first-order valence-corrected chi connectivity index (χ1v) is 23.6. The SMILES string of the molecule is CC[C@H]1OC(=O)[C@H](C)[C@@H](O[C@H]2CC(C)(C)[C@@H](C)[C@H](C)O2)[C@H](C)[C@@H](OC2O[C@H](C)C[C@H](C)[C@H]2C)[C@@](C)(OC/C=C/c2cnc3ccccc3c2)C[C@H](C)C(=O)[C@H](C)[C@H]2NC(=O)O[C@@]21C. The number of hydrogen-bond donors (Lipinski definition) is 1. The van der Waals surface area contributed by atoms with Gasteiger partial charge in [0.2, 0.25) is 0 Å². The van der Waals surface area contributed by atoms with Gasteiger partial charge in [-0.05, 0) is 88.8 Å². The van der Waals surface area contributed by atoms with Gasteiger partial charge in [-0.15, -0.1) is 0 Å². The third kappa shape index (κ3) is 10.5. The molecular formula is C51H76N2O10. The highest BCUT2D eigenvalue weighted by molar-refractivity contribution is 5.85. The van der Waals surface area contributed by atoms with Gasteiger partial charge in [0.15, 0.2) is 18.2 Å². The van der Waals surface area contributed by atoms with Crippen LogP contribution in [-0.2, 0) is 42.7 Å². The first-order chi connectivity index (χ1) is 29.6. The minimum absolute atomic E-state index is 0.0330. The Hall–Kier alpha value is -3.42. The standard InChI is InChI=1S/C51H76N2O10/c1-15-40-51(14)44(53-48(56)63-51)32(6)42(54)29(3)25-50(13,57-22-18-19-37-24-38-20-16-17-21-39(38)52-27-37)45(62-47-31(5)28(2)23-30(4)58-47)33(7)43(34(8)46(55)60-40)61-41-26-49(11,12)35(9)36(10)59-41/h16-21,24,27-36,40-41,43-45,47H,15,22-23,25-26H2,1-14H3,(H,53,56)/b19-18+/t28-,29-,30+,31+,32-,33-,34+,35-,36-,40+,41-,43-,44+,45+,47?,50-,51+/m0/s1. The second kappa shape index (κ2) is 19.6. The van der Waals surface area contributed by atoms with Crippen LogP contribution in [0.5, 0.6) is 0 Å². The molecule has 63 heavy (non-hydrogen) atoms. The van der Waals surface area contributed by atoms with Gasteiger partial charge < -0.3 is 38.5 Å². The number of ether oxygens (including phenoxy) is 7. The molecule has 0 saturated carbocycles. The highest BCUT2D eigenvalue weighted by atomic mass is 16.7. The lowest BCUT2D eigenvalue weighted by molar-refractivity contribution is -0.304. The quantitative estimate of drug-likeness (QED) is 0.241. The number of nitrogens with one attached hydrogen (secondary N) is 1. The number of amides is 1. The second-order valence-corrected chi connectivity index (χ2v) is 20.8. The fourth-order valence-electron chi connectivity index (χ4n) is 10.9. The molecule has 1 aromatic heterocycles. The lowest BCUT2D eigenvalue weighted by atomic mass is 9.72. The van der Waals surface area contributed by atoms with E-state index in [0.717, 1.165) is 22.9 Å². The van der Waals surface area contributed by atoms with Crippen molar-refractivity contribution >= 4 is 34.8 Å². The Morgan fingerprint density at radius 1 is 0.889 bits per heavy atom. The van der Waals surface area contributed by atoms with Crippen molar-refractivity contribution in [2.75, 3.05) is 6.61 Å². The van der Waals surface area contributed by atoms with Crippen molar-refractivity contribution < 1.29 is 47.5 Å². The summed E-state index contributed by atoms with van der Waals surface area (Å²) in [7, 11) is 0. The minimum atomic E-state index is -1.32. The van der Waals surface area contributed by atoms with Crippen LogP contribution in [0.25, 0.3) is 17.0 Å². The Bertz CT molecular complexity index is 1950. The summed E-state index contributed by atoms with van der Waals surface area (Å²) in [5, 5.41) is 3.95. The van der Waals surface area contributed by atoms with Gasteiger partial charge in [-0.3, -0.25) is 14.6 Å². The lowest BCUT2D eigenvalue weighted by Gasteiger charge is -2.50. The number of alkyl carbamates (subject to hydrolysis) is 1. The molecule has 4 saturated heterocycles. The fourth-order valence-corrected chi connectivity index (χ4v) is 10.9. The number of carbonyl (C=O) groups is 3. The highest BCUT2D eigenvalue weighted by Gasteiger charge is 2.58. The zero-order valence-corrected chi connectivity index (χ0v) is 40.3. The van der Waals surface area contributed by atoms with E-state index >= 15 is 0 Å². The molecule has 1 unspecified atom stereocenters. The van der Waals surface area contributed by atoms with Gasteiger partial charge in [0.25, 0.3) is 0 Å². The first-order valence-electron chi connectivity index (χ1n) is 23.6. The molecule has 1 N–H and O–H groups in total. The number of ketones is 1. The number of fused-ring (bicyclic) bond motifs is 2. The van der Waals surface area contributed by atoms with Crippen LogP contribution in [-0.4, -0.2) is 89.8 Å². The van der Waals surface area contributed by atoms with Crippen molar-refractivity contribution in [3.8, 4) is 0 Å². The van der Waals surface area contributed by atoms with Crippen LogP contribution in [0.4, 0.5) is 4.79 Å². The maximum absolute atomic E-state index is 14.8. The van der Waals surface area contributed by atoms with Crippen molar-refractivity contribution in [2.45, 2.75) is 183 Å². The first kappa shape index (κ1) is 49.0. The van der Waals surface area contributed by atoms with Crippen LogP contribution < -0.4 is 5.32 Å². The van der Waals surface area contributed by atoms with E-state index < -0.39 is 83.9 Å². The number of Topliss-reactive ketones (excluding diaryl/α,β-unsaturated/α-hetero) is 1. The molecule has 5 heterocycles. The van der Waals surface area contributed by atoms with Crippen LogP contribution in [0, 0.1) is 46.8 Å². The number of cyclic esters (lactones) is 1. The minimum Gasteiger partial charge on any atom is -0.458 e. The van der Waals surface area contributed by atoms with E-state index in [1.165, 1.54) is 0 Å². The van der Waals surface area contributed by atoms with Crippen molar-refractivity contribution in [1.82, 2.24) is 10.3 Å². The summed E-state index contributed by atoms with van der Waals surface area (Å²) in [4.78, 5) is 47.2. The van der Waals surface area contributed by atoms with Crippen molar-refractivity contribution in [3.05, 3.63) is 48.2 Å². The molecule has 0 spiro atoms. The Morgan fingerprint density at radius 3 is 2.30 bits per heavy atom. The van der Waals surface area contributed by atoms with Crippen LogP contribution in [0.15, 0.2) is 42.6 Å². The normalized spacial score (nSPS) is 41.7. The molecule has 0 aliphatic carbocycles. The summed E-state index contributed by atoms with van der Waals surface area (Å²) in [5.41, 5.74) is -0.745. The van der Waals surface area contributed by atoms with E-state index in [0.29, 0.717) is 18.8 Å². The van der Waals surface area contributed by atoms with Crippen molar-refractivity contribution in [3.63, 3.8) is 0 Å². The molecule has 12 nitrogen and oxygen atoms in total. The predicted molar refractivity (Wildman–Crippen MR) is 242 cm³/mol. The summed E-state index contributed by atoms with van der Waals surface area (Å²) in [6.45, 7) is 28.6. The average molecular weight is 877 g/mol. The van der Waals surface area contributed by atoms with Gasteiger partial charge in [-0.25, -0.2) is 4.79 Å². The number of para-hydroxylation sites is 1. The summed E-state index contributed by atoms with van der Waals surface area (Å²) in [6, 6.07) is 9.31. The topological polar surface area (TPSA) is 141 Å². The average Bonchev–Trinajstić information content (AvgIpc) is 3.55. The number of hydrogen-bond acceptors (Lipinski definition) is 11. The molecule has 2 aromatic rings. The Balaban J connectivity index is 1.46. The zero-order valence-electron chi connectivity index (χ0n) is 40.3. The molecule has 6 rings (SSSR count). The van der Waals surface area contributed by atoms with Gasteiger partial charge >= 0.3 is 12.1 Å². The van der Waals surface area contributed by atoms with Gasteiger partial charge in [-0.1, -0.05) is 92.7 Å². The second-order valence-electron chi connectivity index (χ2n) is 20.8. The van der Waals surface area contributed by atoms with Crippen molar-refractivity contribution in [1.29, 1.82) is 0 Å². The van der Waals surface area contributed by atoms with E-state index in [4.69, 9.17) is 33.2 Å². The van der Waals surface area contributed by atoms with E-state index in [-0.39, 0.29) is 48.3 Å². The van der Waals surface area contributed by atoms with E-state index in [1.807, 2.05) is 84.2 Å². The predicted octanol–water partition coefficient (Wildman–Crippen LogP) is 9.70. The Morgan fingerprint density at radius 2 is 1.60 bits per heavy atom. The Labute approximate surface area is 376 Å². The Kier molecular flexibility index (Phi) is 15.2. The molecule has 12 heteroatoms. The number of benzene rings is 1. The third-order valence-electron chi connectivity index (χ3n) is 15.5. The smallest absolute Gasteiger partial charge is 0.408 e. The van der Waals surface area contributed by atoms with Crippen LogP contribution in [0.1, 0.15) is 128 Å². The number of rotatable bonds is 9. The number of esters is 1. The monoisotopic (exact) mass is 877 g/mol. The van der Waals surface area contributed by atoms with Gasteiger partial charge in [0.05, 0.1) is 54.1 Å². The molecule has 0 radical (unpaired) electrons. The maximum Gasteiger partial charge on any atom is 0.408 e. The molecule has 1 amide bonds. The van der Waals surface area contributed by atoms with E-state index in [9.17, 15) is 14.4 Å². The van der Waals surface area contributed by atoms with Crippen molar-refractivity contribution in [2.24, 2.45) is 46.8 Å². The number of nitrogens with zero attached hydrogens (tertiary/aromatic N) is 1. The van der Waals surface area contributed by atoms with Gasteiger partial charge in [-0.2, -0.15) is 0 Å². The molecule has 4 fully saturated rings. The molecular weight excluding hydrogens is 801 g/mol. The molecule has 350 valence electrons. The number of pyridine rings is 1. The fraction of sp³-hybridized carbons (Fsp3) is 0.725. The third-order valence-corrected chi connectivity index (χ3v) is 15.5. The summed E-state index contributed by atoms with van der Waals surface area (Å²) >= 11 is 0. The molecule has 1 aromatic carbocycles. The molecule has 4 aliphatic rings. The maximum atomic E-state index is 14.8.